The van der Waals surface area contributed by atoms with Crippen molar-refractivity contribution in [3.05, 3.63) is 89.5 Å². The second-order valence-corrected chi connectivity index (χ2v) is 8.75. The van der Waals surface area contributed by atoms with Crippen molar-refractivity contribution in [3.63, 3.8) is 0 Å². The maximum Gasteiger partial charge on any atom is 0.338 e. The van der Waals surface area contributed by atoms with Gasteiger partial charge in [-0.1, -0.05) is 30.3 Å². The highest BCUT2D eigenvalue weighted by molar-refractivity contribution is 5.99. The number of benzene rings is 3. The average molecular weight is 502 g/mol. The standard InChI is InChI=1S/C29H31N3O5/c1-3-36-29(35)23-12-13-26(25(19-23)30-27(33)20-37-24-11-7-8-21(2)18-24)31-14-16-32(17-15-31)28(34)22-9-5-4-6-10-22/h4-13,18-19H,3,14-17,20H2,1-2H3,(H,30,33). The molecular formula is C29H31N3O5. The molecule has 1 aliphatic rings. The molecule has 0 unspecified atom stereocenters. The lowest BCUT2D eigenvalue weighted by atomic mass is 10.1. The molecule has 0 atom stereocenters. The Balaban J connectivity index is 1.47. The first-order chi connectivity index (χ1) is 17.9. The predicted octanol–water partition coefficient (Wildman–Crippen LogP) is 4.15. The number of hydrogen-bond donors (Lipinski definition) is 1. The van der Waals surface area contributed by atoms with Crippen molar-refractivity contribution in [1.29, 1.82) is 0 Å². The first-order valence-corrected chi connectivity index (χ1v) is 12.3. The van der Waals surface area contributed by atoms with Crippen LogP contribution in [0.3, 0.4) is 0 Å². The van der Waals surface area contributed by atoms with Crippen molar-refractivity contribution in [1.82, 2.24) is 4.90 Å². The molecular weight excluding hydrogens is 470 g/mol. The molecule has 0 aliphatic carbocycles. The summed E-state index contributed by atoms with van der Waals surface area (Å²) in [6, 6.07) is 21.8. The van der Waals surface area contributed by atoms with Gasteiger partial charge in [0.1, 0.15) is 5.75 Å². The van der Waals surface area contributed by atoms with E-state index in [9.17, 15) is 14.4 Å². The molecule has 8 heteroatoms. The molecule has 192 valence electrons. The van der Waals surface area contributed by atoms with Crippen LogP contribution in [0.4, 0.5) is 11.4 Å². The Labute approximate surface area is 216 Å². The van der Waals surface area contributed by atoms with Gasteiger partial charge in [0.25, 0.3) is 11.8 Å². The lowest BCUT2D eigenvalue weighted by molar-refractivity contribution is -0.118. The van der Waals surface area contributed by atoms with Crippen LogP contribution in [-0.2, 0) is 9.53 Å². The molecule has 0 bridgehead atoms. The highest BCUT2D eigenvalue weighted by Crippen LogP contribution is 2.29. The number of amides is 2. The maximum absolute atomic E-state index is 12.8. The molecule has 1 aliphatic heterocycles. The number of aryl methyl sites for hydroxylation is 1. The fourth-order valence-corrected chi connectivity index (χ4v) is 4.21. The van der Waals surface area contributed by atoms with Crippen LogP contribution in [0.15, 0.2) is 72.8 Å². The molecule has 1 heterocycles. The quantitative estimate of drug-likeness (QED) is 0.467. The Morgan fingerprint density at radius 1 is 0.865 bits per heavy atom. The van der Waals surface area contributed by atoms with Crippen molar-refractivity contribution in [2.45, 2.75) is 13.8 Å². The van der Waals surface area contributed by atoms with E-state index >= 15 is 0 Å². The zero-order chi connectivity index (χ0) is 26.2. The maximum atomic E-state index is 12.8. The Bertz CT molecular complexity index is 1250. The van der Waals surface area contributed by atoms with Gasteiger partial charge in [-0.25, -0.2) is 4.79 Å². The number of anilines is 2. The lowest BCUT2D eigenvalue weighted by Crippen LogP contribution is -2.49. The van der Waals surface area contributed by atoms with Crippen LogP contribution in [0.5, 0.6) is 5.75 Å². The zero-order valence-electron chi connectivity index (χ0n) is 21.1. The van der Waals surface area contributed by atoms with Gasteiger partial charge in [-0.05, 0) is 61.9 Å². The average Bonchev–Trinajstić information content (AvgIpc) is 2.92. The van der Waals surface area contributed by atoms with Crippen molar-refractivity contribution >= 4 is 29.2 Å². The van der Waals surface area contributed by atoms with Gasteiger partial charge in [-0.15, -0.1) is 0 Å². The molecule has 8 nitrogen and oxygen atoms in total. The Morgan fingerprint density at radius 2 is 1.62 bits per heavy atom. The molecule has 0 spiro atoms. The third-order valence-electron chi connectivity index (χ3n) is 6.07. The van der Waals surface area contributed by atoms with Crippen LogP contribution in [-0.4, -0.2) is 62.1 Å². The highest BCUT2D eigenvalue weighted by Gasteiger charge is 2.24. The molecule has 0 radical (unpaired) electrons. The largest absolute Gasteiger partial charge is 0.484 e. The van der Waals surface area contributed by atoms with Gasteiger partial charge >= 0.3 is 5.97 Å². The molecule has 3 aromatic rings. The number of nitrogens with one attached hydrogen (secondary N) is 1. The molecule has 4 rings (SSSR count). The van der Waals surface area contributed by atoms with Crippen LogP contribution in [0.2, 0.25) is 0 Å². The van der Waals surface area contributed by atoms with E-state index in [0.717, 1.165) is 11.3 Å². The van der Waals surface area contributed by atoms with E-state index in [2.05, 4.69) is 10.2 Å². The first-order valence-electron chi connectivity index (χ1n) is 12.3. The molecule has 0 aromatic heterocycles. The summed E-state index contributed by atoms with van der Waals surface area (Å²) in [5.74, 6) is -0.199. The smallest absolute Gasteiger partial charge is 0.338 e. The summed E-state index contributed by atoms with van der Waals surface area (Å²) >= 11 is 0. The van der Waals surface area contributed by atoms with Gasteiger partial charge in [0.2, 0.25) is 0 Å². The molecule has 2 amide bonds. The number of hydrogen-bond acceptors (Lipinski definition) is 6. The molecule has 0 saturated carbocycles. The minimum absolute atomic E-state index is 0.000247. The number of ether oxygens (including phenoxy) is 2. The van der Waals surface area contributed by atoms with Crippen LogP contribution < -0.4 is 15.0 Å². The molecule has 1 fully saturated rings. The minimum Gasteiger partial charge on any atom is -0.484 e. The second kappa shape index (κ2) is 12.1. The third-order valence-corrected chi connectivity index (χ3v) is 6.07. The Hall–Kier alpha value is -4.33. The summed E-state index contributed by atoms with van der Waals surface area (Å²) in [5, 5.41) is 2.90. The van der Waals surface area contributed by atoms with Crippen LogP contribution in [0.25, 0.3) is 0 Å². The summed E-state index contributed by atoms with van der Waals surface area (Å²) in [6.07, 6.45) is 0. The first kappa shape index (κ1) is 25.8. The summed E-state index contributed by atoms with van der Waals surface area (Å²) in [4.78, 5) is 41.9. The van der Waals surface area contributed by atoms with E-state index in [1.165, 1.54) is 0 Å². The number of nitrogens with zero attached hydrogens (tertiary/aromatic N) is 2. The number of esters is 1. The molecule has 37 heavy (non-hydrogen) atoms. The molecule has 1 N–H and O–H groups in total. The van der Waals surface area contributed by atoms with Crippen molar-refractivity contribution in [3.8, 4) is 5.75 Å². The molecule has 3 aromatic carbocycles. The molecule has 1 saturated heterocycles. The summed E-state index contributed by atoms with van der Waals surface area (Å²) < 4.78 is 10.8. The normalized spacial score (nSPS) is 13.1. The number of rotatable bonds is 8. The Kier molecular flexibility index (Phi) is 8.40. The van der Waals surface area contributed by atoms with Gasteiger partial charge in [0.05, 0.1) is 23.5 Å². The van der Waals surface area contributed by atoms with Gasteiger partial charge in [-0.2, -0.15) is 0 Å². The SMILES string of the molecule is CCOC(=O)c1ccc(N2CCN(C(=O)c3ccccc3)CC2)c(NC(=O)COc2cccc(C)c2)c1. The van der Waals surface area contributed by atoms with E-state index < -0.39 is 5.97 Å². The zero-order valence-corrected chi connectivity index (χ0v) is 21.1. The van der Waals surface area contributed by atoms with Crippen LogP contribution in [0.1, 0.15) is 33.2 Å². The summed E-state index contributed by atoms with van der Waals surface area (Å²) in [6.45, 7) is 6.02. The minimum atomic E-state index is -0.459. The van der Waals surface area contributed by atoms with Crippen LogP contribution in [0, 0.1) is 6.92 Å². The van der Waals surface area contributed by atoms with E-state index in [4.69, 9.17) is 9.47 Å². The van der Waals surface area contributed by atoms with Gasteiger partial charge in [-0.3, -0.25) is 9.59 Å². The topological polar surface area (TPSA) is 88.2 Å². The number of carbonyl (C=O) groups is 3. The van der Waals surface area contributed by atoms with E-state index in [-0.39, 0.29) is 25.0 Å². The van der Waals surface area contributed by atoms with Gasteiger partial charge < -0.3 is 24.6 Å². The number of piperazine rings is 1. The van der Waals surface area contributed by atoms with Crippen molar-refractivity contribution < 1.29 is 23.9 Å². The van der Waals surface area contributed by atoms with E-state index in [0.29, 0.717) is 48.7 Å². The lowest BCUT2D eigenvalue weighted by Gasteiger charge is -2.37. The van der Waals surface area contributed by atoms with Crippen molar-refractivity contribution in [2.24, 2.45) is 0 Å². The predicted molar refractivity (Wildman–Crippen MR) is 142 cm³/mol. The van der Waals surface area contributed by atoms with Gasteiger partial charge in [0, 0.05) is 31.7 Å². The van der Waals surface area contributed by atoms with Crippen LogP contribution >= 0.6 is 0 Å². The highest BCUT2D eigenvalue weighted by atomic mass is 16.5. The summed E-state index contributed by atoms with van der Waals surface area (Å²) in [5.41, 5.74) is 3.30. The van der Waals surface area contributed by atoms with Crippen molar-refractivity contribution in [2.75, 3.05) is 49.6 Å². The third kappa shape index (κ3) is 6.67. The fourth-order valence-electron chi connectivity index (χ4n) is 4.21. The second-order valence-electron chi connectivity index (χ2n) is 8.75. The van der Waals surface area contributed by atoms with E-state index in [1.54, 1.807) is 31.2 Å². The Morgan fingerprint density at radius 3 is 2.32 bits per heavy atom. The van der Waals surface area contributed by atoms with Gasteiger partial charge in [0.15, 0.2) is 6.61 Å². The van der Waals surface area contributed by atoms with E-state index in [1.807, 2.05) is 60.4 Å². The summed E-state index contributed by atoms with van der Waals surface area (Å²) in [7, 11) is 0. The fraction of sp³-hybridized carbons (Fsp3) is 0.276. The monoisotopic (exact) mass is 501 g/mol. The number of carbonyl (C=O) groups excluding carboxylic acids is 3.